The average molecular weight is 202 g/mol. The first-order chi connectivity index (χ1) is 6.47. The van der Waals surface area contributed by atoms with Crippen LogP contribution in [0.2, 0.25) is 0 Å². The fraction of sp³-hybridized carbons (Fsp3) is 0.800. The molecule has 0 aromatic heterocycles. The lowest BCUT2D eigenvalue weighted by Gasteiger charge is -2.13. The summed E-state index contributed by atoms with van der Waals surface area (Å²) in [4.78, 5) is 20.9. The van der Waals surface area contributed by atoms with E-state index in [4.69, 9.17) is 10.2 Å². The standard InChI is InChI=1S/C10H18O4/c1-3-8(6-9(11)12)5-4-7(2)10(13)14/h7-8H,3-6H2,1-2H3,(H,11,12)(H,13,14). The molecule has 2 atom stereocenters. The number of carbonyl (C=O) groups is 2. The molecular weight excluding hydrogens is 184 g/mol. The van der Waals surface area contributed by atoms with Crippen LogP contribution in [0.3, 0.4) is 0 Å². The van der Waals surface area contributed by atoms with Gasteiger partial charge in [0.2, 0.25) is 0 Å². The van der Waals surface area contributed by atoms with Crippen molar-refractivity contribution in [2.45, 2.75) is 39.5 Å². The van der Waals surface area contributed by atoms with Gasteiger partial charge in [-0.15, -0.1) is 0 Å². The molecule has 82 valence electrons. The molecule has 0 aliphatic carbocycles. The van der Waals surface area contributed by atoms with Gasteiger partial charge >= 0.3 is 11.9 Å². The van der Waals surface area contributed by atoms with E-state index in [1.807, 2.05) is 6.92 Å². The van der Waals surface area contributed by atoms with Gasteiger partial charge in [0.05, 0.1) is 5.92 Å². The number of carboxylic acids is 2. The van der Waals surface area contributed by atoms with Crippen molar-refractivity contribution in [2.24, 2.45) is 11.8 Å². The average Bonchev–Trinajstić information content (AvgIpc) is 2.10. The Hall–Kier alpha value is -1.06. The zero-order valence-electron chi connectivity index (χ0n) is 8.69. The number of hydrogen-bond donors (Lipinski definition) is 2. The maximum absolute atomic E-state index is 10.5. The Kier molecular flexibility index (Phi) is 5.92. The molecule has 0 amide bonds. The molecule has 0 spiro atoms. The van der Waals surface area contributed by atoms with Crippen LogP contribution in [0.15, 0.2) is 0 Å². The van der Waals surface area contributed by atoms with Crippen LogP contribution >= 0.6 is 0 Å². The molecule has 4 nitrogen and oxygen atoms in total. The second kappa shape index (κ2) is 6.40. The highest BCUT2D eigenvalue weighted by atomic mass is 16.4. The van der Waals surface area contributed by atoms with Crippen molar-refractivity contribution in [1.82, 2.24) is 0 Å². The van der Waals surface area contributed by atoms with Crippen molar-refractivity contribution in [3.63, 3.8) is 0 Å². The SMILES string of the molecule is CCC(CCC(C)C(=O)O)CC(=O)O. The van der Waals surface area contributed by atoms with Crippen molar-refractivity contribution < 1.29 is 19.8 Å². The lowest BCUT2D eigenvalue weighted by atomic mass is 9.92. The van der Waals surface area contributed by atoms with Gasteiger partial charge in [0, 0.05) is 6.42 Å². The molecule has 0 radical (unpaired) electrons. The number of hydrogen-bond acceptors (Lipinski definition) is 2. The Morgan fingerprint density at radius 3 is 2.14 bits per heavy atom. The van der Waals surface area contributed by atoms with E-state index in [0.29, 0.717) is 12.8 Å². The van der Waals surface area contributed by atoms with Crippen molar-refractivity contribution in [3.8, 4) is 0 Å². The molecule has 4 heteroatoms. The summed E-state index contributed by atoms with van der Waals surface area (Å²) in [5.41, 5.74) is 0. The van der Waals surface area contributed by atoms with E-state index in [-0.39, 0.29) is 18.3 Å². The number of rotatable bonds is 7. The highest BCUT2D eigenvalue weighted by Gasteiger charge is 2.16. The molecule has 0 aromatic carbocycles. The highest BCUT2D eigenvalue weighted by molar-refractivity contribution is 5.69. The second-order valence-electron chi connectivity index (χ2n) is 3.69. The molecule has 0 rings (SSSR count). The van der Waals surface area contributed by atoms with Gasteiger partial charge in [-0.1, -0.05) is 20.3 Å². The molecule has 0 bridgehead atoms. The smallest absolute Gasteiger partial charge is 0.306 e. The van der Waals surface area contributed by atoms with Crippen LogP contribution in [0.1, 0.15) is 39.5 Å². The third-order valence-electron chi connectivity index (χ3n) is 2.47. The summed E-state index contributed by atoms with van der Waals surface area (Å²) in [6, 6.07) is 0. The van der Waals surface area contributed by atoms with Crippen molar-refractivity contribution in [1.29, 1.82) is 0 Å². The number of aliphatic carboxylic acids is 2. The molecule has 0 aromatic rings. The maximum atomic E-state index is 10.5. The lowest BCUT2D eigenvalue weighted by molar-refractivity contribution is -0.141. The van der Waals surface area contributed by atoms with Gasteiger partial charge in [0.15, 0.2) is 0 Å². The Morgan fingerprint density at radius 2 is 1.79 bits per heavy atom. The molecule has 0 saturated heterocycles. The summed E-state index contributed by atoms with van der Waals surface area (Å²) in [7, 11) is 0. The number of carboxylic acid groups (broad SMARTS) is 2. The summed E-state index contributed by atoms with van der Waals surface area (Å²) in [5.74, 6) is -1.89. The molecule has 2 unspecified atom stereocenters. The van der Waals surface area contributed by atoms with E-state index >= 15 is 0 Å². The largest absolute Gasteiger partial charge is 0.481 e. The third-order valence-corrected chi connectivity index (χ3v) is 2.47. The van der Waals surface area contributed by atoms with Crippen LogP contribution in [0.4, 0.5) is 0 Å². The predicted molar refractivity (Wildman–Crippen MR) is 52.1 cm³/mol. The van der Waals surface area contributed by atoms with Crippen molar-refractivity contribution >= 4 is 11.9 Å². The first-order valence-electron chi connectivity index (χ1n) is 4.92. The summed E-state index contributed by atoms with van der Waals surface area (Å²) in [5, 5.41) is 17.2. The van der Waals surface area contributed by atoms with Crippen LogP contribution in [0, 0.1) is 11.8 Å². The minimum absolute atomic E-state index is 0.106. The first kappa shape index (κ1) is 12.9. The van der Waals surface area contributed by atoms with E-state index in [0.717, 1.165) is 6.42 Å². The van der Waals surface area contributed by atoms with Crippen LogP contribution < -0.4 is 0 Å². The monoisotopic (exact) mass is 202 g/mol. The van der Waals surface area contributed by atoms with E-state index in [9.17, 15) is 9.59 Å². The molecule has 14 heavy (non-hydrogen) atoms. The van der Waals surface area contributed by atoms with Crippen LogP contribution in [-0.2, 0) is 9.59 Å². The lowest BCUT2D eigenvalue weighted by Crippen LogP contribution is -2.13. The summed E-state index contributed by atoms with van der Waals surface area (Å²) >= 11 is 0. The van der Waals surface area contributed by atoms with Gasteiger partial charge in [-0.05, 0) is 18.8 Å². The van der Waals surface area contributed by atoms with E-state index in [2.05, 4.69) is 0 Å². The molecular formula is C10H18O4. The Labute approximate surface area is 83.9 Å². The highest BCUT2D eigenvalue weighted by Crippen LogP contribution is 2.18. The zero-order chi connectivity index (χ0) is 11.1. The first-order valence-corrected chi connectivity index (χ1v) is 4.92. The van der Waals surface area contributed by atoms with Crippen molar-refractivity contribution in [2.75, 3.05) is 0 Å². The second-order valence-corrected chi connectivity index (χ2v) is 3.69. The fourth-order valence-corrected chi connectivity index (χ4v) is 1.31. The summed E-state index contributed by atoms with van der Waals surface area (Å²) < 4.78 is 0. The maximum Gasteiger partial charge on any atom is 0.306 e. The van der Waals surface area contributed by atoms with Crippen LogP contribution in [0.25, 0.3) is 0 Å². The predicted octanol–water partition coefficient (Wildman–Crippen LogP) is 1.99. The van der Waals surface area contributed by atoms with E-state index in [1.54, 1.807) is 6.92 Å². The summed E-state index contributed by atoms with van der Waals surface area (Å²) in [6.07, 6.45) is 2.17. The fourth-order valence-electron chi connectivity index (χ4n) is 1.31. The van der Waals surface area contributed by atoms with E-state index < -0.39 is 11.9 Å². The quantitative estimate of drug-likeness (QED) is 0.662. The van der Waals surface area contributed by atoms with Gasteiger partial charge < -0.3 is 10.2 Å². The topological polar surface area (TPSA) is 74.6 Å². The van der Waals surface area contributed by atoms with Gasteiger partial charge in [-0.3, -0.25) is 9.59 Å². The van der Waals surface area contributed by atoms with Crippen LogP contribution in [0.5, 0.6) is 0 Å². The van der Waals surface area contributed by atoms with Gasteiger partial charge in [-0.25, -0.2) is 0 Å². The Bertz CT molecular complexity index is 200. The molecule has 0 heterocycles. The van der Waals surface area contributed by atoms with Gasteiger partial charge in [0.1, 0.15) is 0 Å². The minimum Gasteiger partial charge on any atom is -0.481 e. The van der Waals surface area contributed by atoms with Gasteiger partial charge in [0.25, 0.3) is 0 Å². The molecule has 0 aliphatic rings. The third kappa shape index (κ3) is 5.56. The summed E-state index contributed by atoms with van der Waals surface area (Å²) in [6.45, 7) is 3.58. The molecule has 0 saturated carbocycles. The molecule has 2 N–H and O–H groups in total. The Morgan fingerprint density at radius 1 is 1.21 bits per heavy atom. The van der Waals surface area contributed by atoms with Crippen molar-refractivity contribution in [3.05, 3.63) is 0 Å². The van der Waals surface area contributed by atoms with Gasteiger partial charge in [-0.2, -0.15) is 0 Å². The van der Waals surface area contributed by atoms with Crippen LogP contribution in [-0.4, -0.2) is 22.2 Å². The van der Waals surface area contributed by atoms with E-state index in [1.165, 1.54) is 0 Å². The zero-order valence-corrected chi connectivity index (χ0v) is 8.69. The molecule has 0 aliphatic heterocycles. The molecule has 0 fully saturated rings. The normalized spacial score (nSPS) is 14.7. The minimum atomic E-state index is -0.810. The Balaban J connectivity index is 3.83.